The third-order valence-electron chi connectivity index (χ3n) is 3.36. The van der Waals surface area contributed by atoms with E-state index in [1.54, 1.807) is 30.7 Å². The first kappa shape index (κ1) is 13.3. The van der Waals surface area contributed by atoms with E-state index in [2.05, 4.69) is 15.3 Å². The highest BCUT2D eigenvalue weighted by molar-refractivity contribution is 5.92. The molecule has 1 aromatic carbocycles. The maximum Gasteiger partial charge on any atom is 0.335 e. The summed E-state index contributed by atoms with van der Waals surface area (Å²) in [5.41, 5.74) is 1.71. The zero-order chi connectivity index (χ0) is 14.7. The minimum atomic E-state index is -0.952. The minimum absolute atomic E-state index is 0.231. The molecule has 0 bridgehead atoms. The summed E-state index contributed by atoms with van der Waals surface area (Å²) in [5, 5.41) is 17.1. The standard InChI is InChI=1S/C14H15N5O2/c20-14(21)11-3-4-13-12(9-11)16-17-19(13)7-2-1-6-18-8-5-15-10-18/h3-5,8-10H,1-2,6-7H2,(H,20,21). The van der Waals surface area contributed by atoms with Gasteiger partial charge >= 0.3 is 5.97 Å². The molecular weight excluding hydrogens is 270 g/mol. The number of nitrogens with zero attached hydrogens (tertiary/aromatic N) is 5. The zero-order valence-electron chi connectivity index (χ0n) is 11.4. The fourth-order valence-electron chi connectivity index (χ4n) is 2.25. The number of carboxylic acids is 1. The molecule has 1 N–H and O–H groups in total. The van der Waals surface area contributed by atoms with Gasteiger partial charge in [-0.2, -0.15) is 0 Å². The van der Waals surface area contributed by atoms with Crippen molar-refractivity contribution in [2.24, 2.45) is 0 Å². The van der Waals surface area contributed by atoms with Gasteiger partial charge in [-0.3, -0.25) is 0 Å². The van der Waals surface area contributed by atoms with Gasteiger partial charge in [-0.1, -0.05) is 5.21 Å². The second-order valence-electron chi connectivity index (χ2n) is 4.83. The normalized spacial score (nSPS) is 11.0. The summed E-state index contributed by atoms with van der Waals surface area (Å²) in [6, 6.07) is 4.89. The smallest absolute Gasteiger partial charge is 0.335 e. The molecule has 0 spiro atoms. The molecule has 0 radical (unpaired) electrons. The van der Waals surface area contributed by atoms with E-state index in [-0.39, 0.29) is 5.56 Å². The van der Waals surface area contributed by atoms with E-state index in [1.165, 1.54) is 0 Å². The highest BCUT2D eigenvalue weighted by atomic mass is 16.4. The Balaban J connectivity index is 1.63. The summed E-state index contributed by atoms with van der Waals surface area (Å²) in [4.78, 5) is 14.9. The van der Waals surface area contributed by atoms with Crippen LogP contribution in [0.2, 0.25) is 0 Å². The van der Waals surface area contributed by atoms with Crippen LogP contribution in [0.4, 0.5) is 0 Å². The lowest BCUT2D eigenvalue weighted by Crippen LogP contribution is -2.03. The Morgan fingerprint density at radius 1 is 1.24 bits per heavy atom. The van der Waals surface area contributed by atoms with Crippen LogP contribution in [0.5, 0.6) is 0 Å². The lowest BCUT2D eigenvalue weighted by molar-refractivity contribution is 0.0697. The second kappa shape index (κ2) is 5.74. The summed E-state index contributed by atoms with van der Waals surface area (Å²) in [6.45, 7) is 1.69. The van der Waals surface area contributed by atoms with Crippen LogP contribution < -0.4 is 0 Å². The van der Waals surface area contributed by atoms with E-state index < -0.39 is 5.97 Å². The molecule has 0 fully saturated rings. The number of fused-ring (bicyclic) bond motifs is 1. The van der Waals surface area contributed by atoms with E-state index in [1.807, 2.05) is 15.4 Å². The third kappa shape index (κ3) is 2.91. The first-order chi connectivity index (χ1) is 10.2. The Hall–Kier alpha value is -2.70. The number of hydrogen-bond acceptors (Lipinski definition) is 4. The van der Waals surface area contributed by atoms with Crippen LogP contribution in [0.25, 0.3) is 11.0 Å². The second-order valence-corrected chi connectivity index (χ2v) is 4.83. The van der Waals surface area contributed by atoms with E-state index in [9.17, 15) is 4.79 Å². The van der Waals surface area contributed by atoms with Gasteiger partial charge < -0.3 is 9.67 Å². The Kier molecular flexibility index (Phi) is 3.63. The molecule has 7 heteroatoms. The number of unbranched alkanes of at least 4 members (excludes halogenated alkanes) is 1. The fourth-order valence-corrected chi connectivity index (χ4v) is 2.25. The Labute approximate surface area is 120 Å². The highest BCUT2D eigenvalue weighted by Gasteiger charge is 2.08. The molecule has 2 aromatic heterocycles. The maximum absolute atomic E-state index is 10.9. The predicted octanol–water partition coefficient (Wildman–Crippen LogP) is 1.81. The maximum atomic E-state index is 10.9. The summed E-state index contributed by atoms with van der Waals surface area (Å²) >= 11 is 0. The van der Waals surface area contributed by atoms with Gasteiger partial charge in [-0.15, -0.1) is 5.10 Å². The molecule has 0 unspecified atom stereocenters. The van der Waals surface area contributed by atoms with Gasteiger partial charge in [-0.25, -0.2) is 14.5 Å². The van der Waals surface area contributed by atoms with E-state index in [4.69, 9.17) is 5.11 Å². The van der Waals surface area contributed by atoms with Crippen LogP contribution in [0.3, 0.4) is 0 Å². The quantitative estimate of drug-likeness (QED) is 0.698. The molecule has 0 atom stereocenters. The molecule has 2 heterocycles. The molecule has 3 aromatic rings. The number of aryl methyl sites for hydroxylation is 2. The summed E-state index contributed by atoms with van der Waals surface area (Å²) in [6.07, 6.45) is 7.50. The van der Waals surface area contributed by atoms with Crippen molar-refractivity contribution in [3.63, 3.8) is 0 Å². The van der Waals surface area contributed by atoms with E-state index >= 15 is 0 Å². The van der Waals surface area contributed by atoms with Gasteiger partial charge in [0.05, 0.1) is 17.4 Å². The lowest BCUT2D eigenvalue weighted by Gasteiger charge is -2.03. The number of rotatable bonds is 6. The Morgan fingerprint density at radius 2 is 2.10 bits per heavy atom. The molecule has 0 saturated carbocycles. The van der Waals surface area contributed by atoms with Gasteiger partial charge in [0.1, 0.15) is 5.52 Å². The van der Waals surface area contributed by atoms with Crippen molar-refractivity contribution in [2.75, 3.05) is 0 Å². The fraction of sp³-hybridized carbons (Fsp3) is 0.286. The average molecular weight is 285 g/mol. The number of carboxylic acid groups (broad SMARTS) is 1. The van der Waals surface area contributed by atoms with Crippen LogP contribution >= 0.6 is 0 Å². The molecule has 21 heavy (non-hydrogen) atoms. The summed E-state index contributed by atoms with van der Waals surface area (Å²) in [7, 11) is 0. The van der Waals surface area contributed by atoms with Crippen molar-refractivity contribution >= 4 is 17.0 Å². The van der Waals surface area contributed by atoms with Gasteiger partial charge in [0, 0.05) is 25.5 Å². The van der Waals surface area contributed by atoms with Gasteiger partial charge in [-0.05, 0) is 31.0 Å². The van der Waals surface area contributed by atoms with Crippen molar-refractivity contribution in [3.05, 3.63) is 42.5 Å². The molecule has 0 aliphatic heterocycles. The number of benzene rings is 1. The first-order valence-electron chi connectivity index (χ1n) is 6.76. The Bertz CT molecular complexity index is 748. The number of hydrogen-bond donors (Lipinski definition) is 1. The van der Waals surface area contributed by atoms with Gasteiger partial charge in [0.25, 0.3) is 0 Å². The predicted molar refractivity (Wildman–Crippen MR) is 75.9 cm³/mol. The topological polar surface area (TPSA) is 85.8 Å². The molecule has 0 aliphatic carbocycles. The Morgan fingerprint density at radius 3 is 2.86 bits per heavy atom. The van der Waals surface area contributed by atoms with Crippen molar-refractivity contribution in [1.29, 1.82) is 0 Å². The molecule has 7 nitrogen and oxygen atoms in total. The molecule has 0 amide bonds. The lowest BCUT2D eigenvalue weighted by atomic mass is 10.2. The molecule has 0 saturated heterocycles. The minimum Gasteiger partial charge on any atom is -0.478 e. The van der Waals surface area contributed by atoms with Crippen molar-refractivity contribution in [3.8, 4) is 0 Å². The average Bonchev–Trinajstić information content (AvgIpc) is 3.12. The van der Waals surface area contributed by atoms with Crippen LogP contribution in [-0.4, -0.2) is 35.6 Å². The molecule has 108 valence electrons. The highest BCUT2D eigenvalue weighted by Crippen LogP contribution is 2.14. The van der Waals surface area contributed by atoms with E-state index in [0.717, 1.165) is 31.4 Å². The largest absolute Gasteiger partial charge is 0.478 e. The van der Waals surface area contributed by atoms with Crippen LogP contribution in [0.1, 0.15) is 23.2 Å². The molecule has 3 rings (SSSR count). The summed E-state index contributed by atoms with van der Waals surface area (Å²) < 4.78 is 3.85. The van der Waals surface area contributed by atoms with Gasteiger partial charge in [0.15, 0.2) is 0 Å². The third-order valence-corrected chi connectivity index (χ3v) is 3.36. The number of carbonyl (C=O) groups is 1. The number of imidazole rings is 1. The number of aromatic nitrogens is 5. The van der Waals surface area contributed by atoms with Crippen LogP contribution in [0.15, 0.2) is 36.9 Å². The molecular formula is C14H15N5O2. The van der Waals surface area contributed by atoms with Crippen molar-refractivity contribution < 1.29 is 9.90 Å². The summed E-state index contributed by atoms with van der Waals surface area (Å²) in [5.74, 6) is -0.952. The zero-order valence-corrected chi connectivity index (χ0v) is 11.4. The number of aromatic carboxylic acids is 1. The van der Waals surface area contributed by atoms with Gasteiger partial charge in [0.2, 0.25) is 0 Å². The van der Waals surface area contributed by atoms with E-state index in [0.29, 0.717) is 5.52 Å². The SMILES string of the molecule is O=C(O)c1ccc2c(c1)nnn2CCCCn1ccnc1. The van der Waals surface area contributed by atoms with Crippen molar-refractivity contribution in [1.82, 2.24) is 24.5 Å². The van der Waals surface area contributed by atoms with Crippen LogP contribution in [0, 0.1) is 0 Å². The first-order valence-corrected chi connectivity index (χ1v) is 6.76. The monoisotopic (exact) mass is 285 g/mol. The van der Waals surface area contributed by atoms with Crippen LogP contribution in [-0.2, 0) is 13.1 Å². The molecule has 0 aliphatic rings. The van der Waals surface area contributed by atoms with Crippen molar-refractivity contribution in [2.45, 2.75) is 25.9 Å².